The maximum atomic E-state index is 12.2. The molecule has 1 heterocycles. The van der Waals surface area contributed by atoms with Gasteiger partial charge in [0.25, 0.3) is 0 Å². The highest BCUT2D eigenvalue weighted by atomic mass is 16.2. The van der Waals surface area contributed by atoms with Crippen molar-refractivity contribution in [3.63, 3.8) is 0 Å². The second-order valence-electron chi connectivity index (χ2n) is 4.59. The van der Waals surface area contributed by atoms with Gasteiger partial charge < -0.3 is 10.2 Å². The van der Waals surface area contributed by atoms with Gasteiger partial charge in [0.1, 0.15) is 6.54 Å². The molecule has 0 unspecified atom stereocenters. The predicted octanol–water partition coefficient (Wildman–Crippen LogP) is -1.37. The minimum absolute atomic E-state index is 0.0864. The lowest BCUT2D eigenvalue weighted by Gasteiger charge is -2.15. The molecule has 2 aromatic rings. The Morgan fingerprint density at radius 1 is 1.23 bits per heavy atom. The van der Waals surface area contributed by atoms with E-state index in [1.54, 1.807) is 24.3 Å². The van der Waals surface area contributed by atoms with Gasteiger partial charge in [-0.15, -0.1) is 0 Å². The lowest BCUT2D eigenvalue weighted by Crippen LogP contribution is -2.40. The summed E-state index contributed by atoms with van der Waals surface area (Å²) in [7, 11) is 2.96. The molecule has 1 aromatic heterocycles. The molecule has 0 radical (unpaired) electrons. The topological polar surface area (TPSA) is 102 Å². The van der Waals surface area contributed by atoms with Gasteiger partial charge in [0.2, 0.25) is 11.8 Å². The first kappa shape index (κ1) is 15.4. The first-order chi connectivity index (χ1) is 10.5. The number of amides is 2. The SMILES string of the molecule is CNC(=O)CN(C)C(=O)Cn1nnn(-c2ccccc2)c1=O. The number of aromatic nitrogens is 4. The van der Waals surface area contributed by atoms with E-state index in [1.165, 1.54) is 19.0 Å². The van der Waals surface area contributed by atoms with Crippen molar-refractivity contribution in [1.29, 1.82) is 0 Å². The maximum Gasteiger partial charge on any atom is 0.368 e. The lowest BCUT2D eigenvalue weighted by atomic mass is 10.3. The van der Waals surface area contributed by atoms with E-state index < -0.39 is 11.6 Å². The van der Waals surface area contributed by atoms with E-state index in [9.17, 15) is 14.4 Å². The zero-order valence-corrected chi connectivity index (χ0v) is 12.3. The molecular weight excluding hydrogens is 288 g/mol. The molecule has 0 bridgehead atoms. The number of nitrogens with one attached hydrogen (secondary N) is 1. The summed E-state index contributed by atoms with van der Waals surface area (Å²) in [5, 5.41) is 9.84. The third-order valence-electron chi connectivity index (χ3n) is 3.01. The fourth-order valence-electron chi connectivity index (χ4n) is 1.74. The number of tetrazole rings is 1. The van der Waals surface area contributed by atoms with E-state index in [4.69, 9.17) is 0 Å². The van der Waals surface area contributed by atoms with E-state index in [1.807, 2.05) is 6.07 Å². The summed E-state index contributed by atoms with van der Waals surface area (Å²) in [6.07, 6.45) is 0. The number of carbonyl (C=O) groups excluding carboxylic acids is 2. The van der Waals surface area contributed by atoms with Crippen LogP contribution in [0.25, 0.3) is 5.69 Å². The van der Waals surface area contributed by atoms with Gasteiger partial charge in [0.05, 0.1) is 12.2 Å². The maximum absolute atomic E-state index is 12.2. The monoisotopic (exact) mass is 304 g/mol. The summed E-state index contributed by atoms with van der Waals surface area (Å²) in [6, 6.07) is 8.77. The number of nitrogens with zero attached hydrogens (tertiary/aromatic N) is 5. The van der Waals surface area contributed by atoms with Crippen LogP contribution in [0.15, 0.2) is 35.1 Å². The normalized spacial score (nSPS) is 10.3. The Morgan fingerprint density at radius 2 is 1.91 bits per heavy atom. The number of rotatable bonds is 5. The number of hydrogen-bond donors (Lipinski definition) is 1. The molecule has 0 fully saturated rings. The summed E-state index contributed by atoms with van der Waals surface area (Å²) < 4.78 is 2.06. The number of hydrogen-bond acceptors (Lipinski definition) is 5. The second-order valence-corrected chi connectivity index (χ2v) is 4.59. The minimum Gasteiger partial charge on any atom is -0.358 e. The minimum atomic E-state index is -0.520. The summed E-state index contributed by atoms with van der Waals surface area (Å²) in [4.78, 5) is 36.6. The van der Waals surface area contributed by atoms with Crippen molar-refractivity contribution >= 4 is 11.8 Å². The van der Waals surface area contributed by atoms with E-state index in [-0.39, 0.29) is 19.0 Å². The van der Waals surface area contributed by atoms with Crippen LogP contribution >= 0.6 is 0 Å². The van der Waals surface area contributed by atoms with Crippen LogP contribution in [0.5, 0.6) is 0 Å². The van der Waals surface area contributed by atoms with Crippen molar-refractivity contribution in [2.45, 2.75) is 6.54 Å². The Balaban J connectivity index is 2.12. The molecule has 0 aliphatic rings. The fourth-order valence-corrected chi connectivity index (χ4v) is 1.74. The largest absolute Gasteiger partial charge is 0.368 e. The van der Waals surface area contributed by atoms with Gasteiger partial charge in [-0.2, -0.15) is 9.36 Å². The zero-order chi connectivity index (χ0) is 16.1. The Bertz CT molecular complexity index is 721. The summed E-state index contributed by atoms with van der Waals surface area (Å²) in [5.74, 6) is -0.707. The average Bonchev–Trinajstić information content (AvgIpc) is 2.89. The molecule has 0 aliphatic carbocycles. The Kier molecular flexibility index (Phi) is 4.66. The standard InChI is InChI=1S/C13H16N6O3/c1-14-11(20)8-17(2)12(21)9-18-13(22)19(16-15-18)10-6-4-3-5-7-10/h3-7H,8-9H2,1-2H3,(H,14,20). The Hall–Kier alpha value is -2.97. The quantitative estimate of drug-likeness (QED) is 0.734. The third-order valence-corrected chi connectivity index (χ3v) is 3.01. The third kappa shape index (κ3) is 3.37. The molecule has 22 heavy (non-hydrogen) atoms. The zero-order valence-electron chi connectivity index (χ0n) is 12.3. The number of para-hydroxylation sites is 1. The molecule has 9 nitrogen and oxygen atoms in total. The predicted molar refractivity (Wildman–Crippen MR) is 77.3 cm³/mol. The molecule has 0 saturated heterocycles. The molecule has 0 spiro atoms. The first-order valence-electron chi connectivity index (χ1n) is 6.55. The van der Waals surface area contributed by atoms with E-state index in [0.717, 1.165) is 9.36 Å². The van der Waals surface area contributed by atoms with Gasteiger partial charge in [-0.3, -0.25) is 9.59 Å². The molecule has 116 valence electrons. The van der Waals surface area contributed by atoms with E-state index in [0.29, 0.717) is 5.69 Å². The van der Waals surface area contributed by atoms with E-state index in [2.05, 4.69) is 15.7 Å². The highest BCUT2D eigenvalue weighted by molar-refractivity contribution is 5.84. The molecule has 0 saturated carbocycles. The van der Waals surface area contributed by atoms with Crippen LogP contribution in [0, 0.1) is 0 Å². The summed E-state index contributed by atoms with van der Waals surface area (Å²) in [5.41, 5.74) is 0.0396. The van der Waals surface area contributed by atoms with Gasteiger partial charge in [-0.25, -0.2) is 4.79 Å². The lowest BCUT2D eigenvalue weighted by molar-refractivity contribution is -0.135. The first-order valence-corrected chi connectivity index (χ1v) is 6.55. The van der Waals surface area contributed by atoms with E-state index >= 15 is 0 Å². The average molecular weight is 304 g/mol. The van der Waals surface area contributed by atoms with Crippen LogP contribution in [0.3, 0.4) is 0 Å². The van der Waals surface area contributed by atoms with Crippen molar-refractivity contribution in [2.75, 3.05) is 20.6 Å². The van der Waals surface area contributed by atoms with Crippen LogP contribution < -0.4 is 11.0 Å². The van der Waals surface area contributed by atoms with Crippen molar-refractivity contribution in [1.82, 2.24) is 30.0 Å². The van der Waals surface area contributed by atoms with Crippen molar-refractivity contribution in [3.05, 3.63) is 40.8 Å². The van der Waals surface area contributed by atoms with Crippen LogP contribution in [0.2, 0.25) is 0 Å². The highest BCUT2D eigenvalue weighted by Gasteiger charge is 2.16. The molecule has 1 aromatic carbocycles. The molecule has 2 amide bonds. The molecule has 9 heteroatoms. The number of carbonyl (C=O) groups is 2. The molecule has 0 atom stereocenters. The molecule has 2 rings (SSSR count). The number of likely N-dealkylation sites (N-methyl/N-ethyl adjacent to an activating group) is 2. The Morgan fingerprint density at radius 3 is 2.55 bits per heavy atom. The fraction of sp³-hybridized carbons (Fsp3) is 0.308. The van der Waals surface area contributed by atoms with Gasteiger partial charge in [-0.1, -0.05) is 18.2 Å². The highest BCUT2D eigenvalue weighted by Crippen LogP contribution is 2.00. The summed E-state index contributed by atoms with van der Waals surface area (Å²) >= 11 is 0. The van der Waals surface area contributed by atoms with Gasteiger partial charge in [0, 0.05) is 14.1 Å². The van der Waals surface area contributed by atoms with Gasteiger partial charge in [-0.05, 0) is 22.6 Å². The van der Waals surface area contributed by atoms with Gasteiger partial charge >= 0.3 is 5.69 Å². The second kappa shape index (κ2) is 6.66. The molecule has 0 aliphatic heterocycles. The molecular formula is C13H16N6O3. The smallest absolute Gasteiger partial charge is 0.358 e. The van der Waals surface area contributed by atoms with Crippen molar-refractivity contribution in [2.24, 2.45) is 0 Å². The Labute approximate surface area is 126 Å². The van der Waals surface area contributed by atoms with Crippen LogP contribution in [-0.2, 0) is 16.1 Å². The van der Waals surface area contributed by atoms with Crippen molar-refractivity contribution in [3.8, 4) is 5.69 Å². The number of benzene rings is 1. The summed E-state index contributed by atoms with van der Waals surface area (Å²) in [6.45, 7) is -0.365. The van der Waals surface area contributed by atoms with Crippen LogP contribution in [0.1, 0.15) is 0 Å². The molecule has 1 N–H and O–H groups in total. The van der Waals surface area contributed by atoms with Gasteiger partial charge in [0.15, 0.2) is 0 Å². The van der Waals surface area contributed by atoms with Crippen LogP contribution in [-0.4, -0.2) is 57.1 Å². The van der Waals surface area contributed by atoms with Crippen LogP contribution in [0.4, 0.5) is 0 Å². The van der Waals surface area contributed by atoms with Crippen molar-refractivity contribution < 1.29 is 9.59 Å².